The summed E-state index contributed by atoms with van der Waals surface area (Å²) in [7, 11) is 1.72. The van der Waals surface area contributed by atoms with E-state index < -0.39 is 11.6 Å². The molecule has 82 valence electrons. The monoisotopic (exact) mass is 211 g/mol. The van der Waals surface area contributed by atoms with Crippen molar-refractivity contribution in [3.8, 4) is 0 Å². The van der Waals surface area contributed by atoms with Gasteiger partial charge in [-0.15, -0.1) is 0 Å². The van der Waals surface area contributed by atoms with Gasteiger partial charge in [-0.3, -0.25) is 0 Å². The number of aryl methyl sites for hydroxylation is 1. The molecule has 2 atom stereocenters. The molecule has 1 saturated heterocycles. The number of nitrogens with zero attached hydrogens (tertiary/aromatic N) is 3. The molecule has 2 rings (SSSR count). The highest BCUT2D eigenvalue weighted by Gasteiger charge is 2.43. The molecule has 15 heavy (non-hydrogen) atoms. The largest absolute Gasteiger partial charge is 0.479 e. The predicted octanol–water partition coefficient (Wildman–Crippen LogP) is 0.510. The van der Waals surface area contributed by atoms with Crippen molar-refractivity contribution in [1.29, 1.82) is 0 Å². The lowest BCUT2D eigenvalue weighted by atomic mass is 10.0. The summed E-state index contributed by atoms with van der Waals surface area (Å²) in [5.74, 6) is -0.922. The van der Waals surface area contributed by atoms with Crippen LogP contribution in [0.3, 0.4) is 0 Å². The third-order valence-electron chi connectivity index (χ3n) is 2.69. The Kier molecular flexibility index (Phi) is 2.22. The van der Waals surface area contributed by atoms with Gasteiger partial charge in [0.15, 0.2) is 5.60 Å². The second-order valence-corrected chi connectivity index (χ2v) is 3.94. The molecule has 1 N–H and O–H groups in total. The first-order chi connectivity index (χ1) is 7.01. The number of carboxylic acids is 1. The molecule has 2 unspecified atom stereocenters. The minimum atomic E-state index is -1.08. The normalized spacial score (nSPS) is 30.7. The maximum Gasteiger partial charge on any atom is 0.335 e. The first-order valence-electron chi connectivity index (χ1n) is 4.79. The van der Waals surface area contributed by atoms with E-state index in [4.69, 9.17) is 9.84 Å². The second-order valence-electron chi connectivity index (χ2n) is 3.94. The number of aromatic nitrogens is 3. The molecule has 1 aliphatic rings. The van der Waals surface area contributed by atoms with Gasteiger partial charge in [-0.05, 0) is 19.8 Å². The fourth-order valence-electron chi connectivity index (χ4n) is 1.71. The minimum Gasteiger partial charge on any atom is -0.479 e. The molecular formula is C9H13N3O3. The molecule has 1 fully saturated rings. The van der Waals surface area contributed by atoms with Crippen molar-refractivity contribution in [2.75, 3.05) is 0 Å². The highest BCUT2D eigenvalue weighted by Crippen LogP contribution is 2.38. The number of aliphatic carboxylic acids is 1. The molecule has 6 nitrogen and oxygen atoms in total. The zero-order valence-electron chi connectivity index (χ0n) is 8.67. The van der Waals surface area contributed by atoms with Crippen LogP contribution in [0, 0.1) is 0 Å². The summed E-state index contributed by atoms with van der Waals surface area (Å²) in [6.07, 6.45) is 2.53. The maximum atomic E-state index is 10.9. The molecule has 6 heteroatoms. The SMILES string of the molecule is Cn1ncc(C2CCC(C)(C(=O)O)O2)n1. The smallest absolute Gasteiger partial charge is 0.335 e. The standard InChI is InChI=1S/C9H13N3O3/c1-9(8(13)14)4-3-7(15-9)6-5-10-12(2)11-6/h5,7H,3-4H2,1-2H3,(H,13,14). The average Bonchev–Trinajstić information content (AvgIpc) is 2.73. The fraction of sp³-hybridized carbons (Fsp3) is 0.667. The lowest BCUT2D eigenvalue weighted by Crippen LogP contribution is -2.34. The molecule has 0 aromatic carbocycles. The number of rotatable bonds is 2. The van der Waals surface area contributed by atoms with Crippen LogP contribution in [0.2, 0.25) is 0 Å². The van der Waals surface area contributed by atoms with E-state index in [0.717, 1.165) is 0 Å². The number of carbonyl (C=O) groups is 1. The number of ether oxygens (including phenoxy) is 1. The topological polar surface area (TPSA) is 77.2 Å². The van der Waals surface area contributed by atoms with E-state index in [2.05, 4.69) is 10.2 Å². The van der Waals surface area contributed by atoms with Gasteiger partial charge < -0.3 is 9.84 Å². The fourth-order valence-corrected chi connectivity index (χ4v) is 1.71. The molecule has 0 bridgehead atoms. The van der Waals surface area contributed by atoms with Gasteiger partial charge in [-0.1, -0.05) is 0 Å². The van der Waals surface area contributed by atoms with Crippen LogP contribution in [-0.2, 0) is 16.6 Å². The van der Waals surface area contributed by atoms with E-state index in [1.807, 2.05) is 0 Å². The molecule has 1 aromatic rings. The summed E-state index contributed by atoms with van der Waals surface area (Å²) >= 11 is 0. The van der Waals surface area contributed by atoms with Gasteiger partial charge in [0.2, 0.25) is 0 Å². The molecular weight excluding hydrogens is 198 g/mol. The van der Waals surface area contributed by atoms with Gasteiger partial charge in [-0.25, -0.2) is 4.79 Å². The van der Waals surface area contributed by atoms with Crippen molar-refractivity contribution in [2.45, 2.75) is 31.5 Å². The van der Waals surface area contributed by atoms with Gasteiger partial charge in [0, 0.05) is 7.05 Å². The number of hydrogen-bond donors (Lipinski definition) is 1. The lowest BCUT2D eigenvalue weighted by Gasteiger charge is -2.18. The van der Waals surface area contributed by atoms with Crippen LogP contribution in [-0.4, -0.2) is 31.7 Å². The first kappa shape index (κ1) is 10.1. The Morgan fingerprint density at radius 1 is 1.80 bits per heavy atom. The quantitative estimate of drug-likeness (QED) is 0.771. The van der Waals surface area contributed by atoms with Crippen LogP contribution in [0.15, 0.2) is 6.20 Å². The van der Waals surface area contributed by atoms with Gasteiger partial charge in [0.05, 0.1) is 6.20 Å². The Hall–Kier alpha value is -1.43. The van der Waals surface area contributed by atoms with E-state index in [1.54, 1.807) is 20.2 Å². The molecule has 1 aromatic heterocycles. The van der Waals surface area contributed by atoms with E-state index in [9.17, 15) is 4.79 Å². The Balaban J connectivity index is 2.14. The van der Waals surface area contributed by atoms with E-state index >= 15 is 0 Å². The first-order valence-corrected chi connectivity index (χ1v) is 4.79. The molecule has 2 heterocycles. The Labute approximate surface area is 86.8 Å². The van der Waals surface area contributed by atoms with Crippen molar-refractivity contribution in [3.05, 3.63) is 11.9 Å². The molecule has 0 saturated carbocycles. The van der Waals surface area contributed by atoms with Gasteiger partial charge in [-0.2, -0.15) is 15.0 Å². The minimum absolute atomic E-state index is 0.250. The highest BCUT2D eigenvalue weighted by molar-refractivity contribution is 5.77. The summed E-state index contributed by atoms with van der Waals surface area (Å²) in [6.45, 7) is 1.59. The maximum absolute atomic E-state index is 10.9. The lowest BCUT2D eigenvalue weighted by molar-refractivity contribution is -0.162. The molecule has 0 amide bonds. The van der Waals surface area contributed by atoms with Crippen molar-refractivity contribution in [2.24, 2.45) is 7.05 Å². The Morgan fingerprint density at radius 3 is 3.00 bits per heavy atom. The summed E-state index contributed by atoms with van der Waals surface area (Å²) < 4.78 is 5.49. The van der Waals surface area contributed by atoms with Crippen LogP contribution in [0.1, 0.15) is 31.6 Å². The highest BCUT2D eigenvalue weighted by atomic mass is 16.5. The number of hydrogen-bond acceptors (Lipinski definition) is 4. The average molecular weight is 211 g/mol. The van der Waals surface area contributed by atoms with Crippen molar-refractivity contribution in [1.82, 2.24) is 15.0 Å². The van der Waals surface area contributed by atoms with Crippen LogP contribution >= 0.6 is 0 Å². The van der Waals surface area contributed by atoms with Crippen molar-refractivity contribution >= 4 is 5.97 Å². The molecule has 0 aliphatic carbocycles. The predicted molar refractivity (Wildman–Crippen MR) is 50.1 cm³/mol. The van der Waals surface area contributed by atoms with Gasteiger partial charge in [0.25, 0.3) is 0 Å². The molecule has 1 aliphatic heterocycles. The summed E-state index contributed by atoms with van der Waals surface area (Å²) in [5.41, 5.74) is -0.384. The summed E-state index contributed by atoms with van der Waals surface area (Å²) in [5, 5.41) is 17.0. The van der Waals surface area contributed by atoms with E-state index in [1.165, 1.54) is 4.80 Å². The van der Waals surface area contributed by atoms with Gasteiger partial charge in [0.1, 0.15) is 11.8 Å². The van der Waals surface area contributed by atoms with Crippen LogP contribution in [0.25, 0.3) is 0 Å². The summed E-state index contributed by atoms with van der Waals surface area (Å²) in [6, 6.07) is 0. The molecule has 0 spiro atoms. The second kappa shape index (κ2) is 3.30. The molecule has 0 radical (unpaired) electrons. The zero-order chi connectivity index (χ0) is 11.1. The van der Waals surface area contributed by atoms with E-state index in [0.29, 0.717) is 18.5 Å². The van der Waals surface area contributed by atoms with Crippen LogP contribution in [0.4, 0.5) is 0 Å². The Bertz CT molecular complexity index is 390. The van der Waals surface area contributed by atoms with Crippen molar-refractivity contribution in [3.63, 3.8) is 0 Å². The van der Waals surface area contributed by atoms with Crippen molar-refractivity contribution < 1.29 is 14.6 Å². The third-order valence-corrected chi connectivity index (χ3v) is 2.69. The number of carboxylic acid groups (broad SMARTS) is 1. The van der Waals surface area contributed by atoms with E-state index in [-0.39, 0.29) is 6.10 Å². The van der Waals surface area contributed by atoms with Crippen LogP contribution < -0.4 is 0 Å². The summed E-state index contributed by atoms with van der Waals surface area (Å²) in [4.78, 5) is 12.4. The van der Waals surface area contributed by atoms with Gasteiger partial charge >= 0.3 is 5.97 Å². The van der Waals surface area contributed by atoms with Crippen LogP contribution in [0.5, 0.6) is 0 Å². The third kappa shape index (κ3) is 1.72. The zero-order valence-corrected chi connectivity index (χ0v) is 8.67. The Morgan fingerprint density at radius 2 is 2.53 bits per heavy atom.